The summed E-state index contributed by atoms with van der Waals surface area (Å²) in [6, 6.07) is 8.73. The third-order valence-corrected chi connectivity index (χ3v) is 4.64. The van der Waals surface area contributed by atoms with Gasteiger partial charge in [-0.3, -0.25) is 4.79 Å². The number of hydrogen-bond acceptors (Lipinski definition) is 2. The molecule has 0 bridgehead atoms. The molecular weight excluding hydrogens is 272 g/mol. The minimum atomic E-state index is 0.0861. The monoisotopic (exact) mass is 292 g/mol. The van der Waals surface area contributed by atoms with Crippen molar-refractivity contribution in [2.45, 2.75) is 44.2 Å². The standard InChI is InChI=1S/C16H21ClN2O/c17-15-4-2-1-3-12(15)11-16(20)18-13-7-9-19(10-8-13)14-5-6-14/h1-4,13-14H,5-11H2,(H,18,20). The average molecular weight is 293 g/mol. The molecule has 2 aliphatic rings. The minimum absolute atomic E-state index is 0.0861. The van der Waals surface area contributed by atoms with E-state index >= 15 is 0 Å². The molecule has 1 N–H and O–H groups in total. The number of amides is 1. The van der Waals surface area contributed by atoms with Crippen LogP contribution in [0.5, 0.6) is 0 Å². The fraction of sp³-hybridized carbons (Fsp3) is 0.562. The zero-order valence-corrected chi connectivity index (χ0v) is 12.4. The van der Waals surface area contributed by atoms with Crippen molar-refractivity contribution < 1.29 is 4.79 Å². The van der Waals surface area contributed by atoms with E-state index in [0.717, 1.165) is 37.5 Å². The van der Waals surface area contributed by atoms with E-state index in [2.05, 4.69) is 10.2 Å². The van der Waals surface area contributed by atoms with E-state index in [0.29, 0.717) is 17.5 Å². The van der Waals surface area contributed by atoms with Gasteiger partial charge in [0.25, 0.3) is 0 Å². The van der Waals surface area contributed by atoms with E-state index in [1.54, 1.807) is 0 Å². The molecule has 1 aromatic rings. The second-order valence-corrected chi connectivity index (χ2v) is 6.28. The Bertz CT molecular complexity index is 479. The van der Waals surface area contributed by atoms with Crippen molar-refractivity contribution in [2.24, 2.45) is 0 Å². The third-order valence-electron chi connectivity index (χ3n) is 4.27. The molecule has 1 saturated carbocycles. The van der Waals surface area contributed by atoms with Gasteiger partial charge in [0.05, 0.1) is 6.42 Å². The predicted molar refractivity (Wildman–Crippen MR) is 80.9 cm³/mol. The number of nitrogens with zero attached hydrogens (tertiary/aromatic N) is 1. The molecule has 1 amide bonds. The van der Waals surface area contributed by atoms with Crippen molar-refractivity contribution in [2.75, 3.05) is 13.1 Å². The van der Waals surface area contributed by atoms with Crippen molar-refractivity contribution in [3.05, 3.63) is 34.9 Å². The molecule has 108 valence electrons. The Morgan fingerprint density at radius 1 is 1.20 bits per heavy atom. The normalized spacial score (nSPS) is 20.9. The van der Waals surface area contributed by atoms with Crippen LogP contribution in [0.15, 0.2) is 24.3 Å². The number of rotatable bonds is 4. The summed E-state index contributed by atoms with van der Waals surface area (Å²) in [5.41, 5.74) is 0.905. The summed E-state index contributed by atoms with van der Waals surface area (Å²) in [6.45, 7) is 2.25. The van der Waals surface area contributed by atoms with Gasteiger partial charge < -0.3 is 10.2 Å². The number of hydrogen-bond donors (Lipinski definition) is 1. The zero-order chi connectivity index (χ0) is 13.9. The topological polar surface area (TPSA) is 32.3 Å². The summed E-state index contributed by atoms with van der Waals surface area (Å²) in [5, 5.41) is 3.82. The van der Waals surface area contributed by atoms with E-state index in [1.165, 1.54) is 12.8 Å². The third kappa shape index (κ3) is 3.53. The van der Waals surface area contributed by atoms with Crippen molar-refractivity contribution >= 4 is 17.5 Å². The lowest BCUT2D eigenvalue weighted by atomic mass is 10.0. The Labute approximate surface area is 125 Å². The number of piperidine rings is 1. The molecule has 0 radical (unpaired) electrons. The van der Waals surface area contributed by atoms with E-state index in [9.17, 15) is 4.79 Å². The molecular formula is C16H21ClN2O. The molecule has 0 atom stereocenters. The smallest absolute Gasteiger partial charge is 0.224 e. The summed E-state index contributed by atoms with van der Waals surface area (Å²) < 4.78 is 0. The molecule has 1 aromatic carbocycles. The van der Waals surface area contributed by atoms with Gasteiger partial charge in [0.1, 0.15) is 0 Å². The van der Waals surface area contributed by atoms with Crippen LogP contribution < -0.4 is 5.32 Å². The highest BCUT2D eigenvalue weighted by molar-refractivity contribution is 6.31. The first-order valence-corrected chi connectivity index (χ1v) is 7.87. The van der Waals surface area contributed by atoms with Crippen LogP contribution >= 0.6 is 11.6 Å². The van der Waals surface area contributed by atoms with Crippen LogP contribution in [0, 0.1) is 0 Å². The van der Waals surface area contributed by atoms with Gasteiger partial charge >= 0.3 is 0 Å². The van der Waals surface area contributed by atoms with Crippen LogP contribution in [-0.2, 0) is 11.2 Å². The van der Waals surface area contributed by atoms with Gasteiger partial charge in [-0.25, -0.2) is 0 Å². The number of halogens is 1. The largest absolute Gasteiger partial charge is 0.353 e. The fourth-order valence-electron chi connectivity index (χ4n) is 2.94. The lowest BCUT2D eigenvalue weighted by Crippen LogP contribution is -2.45. The summed E-state index contributed by atoms with van der Waals surface area (Å²) in [7, 11) is 0. The van der Waals surface area contributed by atoms with Gasteiger partial charge in [0.15, 0.2) is 0 Å². The Balaban J connectivity index is 1.46. The number of likely N-dealkylation sites (tertiary alicyclic amines) is 1. The van der Waals surface area contributed by atoms with Gasteiger partial charge in [-0.2, -0.15) is 0 Å². The van der Waals surface area contributed by atoms with E-state index in [4.69, 9.17) is 11.6 Å². The van der Waals surface area contributed by atoms with Gasteiger partial charge in [-0.15, -0.1) is 0 Å². The molecule has 1 aliphatic heterocycles. The minimum Gasteiger partial charge on any atom is -0.353 e. The maximum Gasteiger partial charge on any atom is 0.224 e. The first-order chi connectivity index (χ1) is 9.72. The van der Waals surface area contributed by atoms with E-state index < -0.39 is 0 Å². The molecule has 0 unspecified atom stereocenters. The molecule has 3 rings (SSSR count). The number of carbonyl (C=O) groups is 1. The van der Waals surface area contributed by atoms with Crippen LogP contribution in [-0.4, -0.2) is 36.0 Å². The molecule has 0 spiro atoms. The van der Waals surface area contributed by atoms with E-state index in [-0.39, 0.29) is 5.91 Å². The highest BCUT2D eigenvalue weighted by atomic mass is 35.5. The SMILES string of the molecule is O=C(Cc1ccccc1Cl)NC1CCN(C2CC2)CC1. The fourth-order valence-corrected chi connectivity index (χ4v) is 3.14. The van der Waals surface area contributed by atoms with Gasteiger partial charge in [-0.1, -0.05) is 29.8 Å². The summed E-state index contributed by atoms with van der Waals surface area (Å²) in [6.07, 6.45) is 5.26. The highest BCUT2D eigenvalue weighted by Gasteiger charge is 2.32. The summed E-state index contributed by atoms with van der Waals surface area (Å²) >= 11 is 6.09. The van der Waals surface area contributed by atoms with Crippen LogP contribution in [0.4, 0.5) is 0 Å². The van der Waals surface area contributed by atoms with Gasteiger partial charge in [-0.05, 0) is 37.3 Å². The first-order valence-electron chi connectivity index (χ1n) is 7.49. The van der Waals surface area contributed by atoms with Crippen LogP contribution in [0.1, 0.15) is 31.2 Å². The molecule has 1 aliphatic carbocycles. The summed E-state index contributed by atoms with van der Waals surface area (Å²) in [4.78, 5) is 14.6. The second-order valence-electron chi connectivity index (χ2n) is 5.88. The predicted octanol–water partition coefficient (Wildman–Crippen LogP) is 2.63. The van der Waals surface area contributed by atoms with Gasteiger partial charge in [0.2, 0.25) is 5.91 Å². The Morgan fingerprint density at radius 3 is 2.55 bits per heavy atom. The molecule has 1 saturated heterocycles. The lowest BCUT2D eigenvalue weighted by molar-refractivity contribution is -0.121. The number of nitrogens with one attached hydrogen (secondary N) is 1. The van der Waals surface area contributed by atoms with Crippen molar-refractivity contribution in [3.63, 3.8) is 0 Å². The van der Waals surface area contributed by atoms with Crippen LogP contribution in [0.2, 0.25) is 5.02 Å². The second kappa shape index (κ2) is 6.15. The molecule has 1 heterocycles. The van der Waals surface area contributed by atoms with Crippen LogP contribution in [0.3, 0.4) is 0 Å². The average Bonchev–Trinajstić information content (AvgIpc) is 3.27. The van der Waals surface area contributed by atoms with Crippen LogP contribution in [0.25, 0.3) is 0 Å². The van der Waals surface area contributed by atoms with Crippen molar-refractivity contribution in [1.29, 1.82) is 0 Å². The van der Waals surface area contributed by atoms with Crippen molar-refractivity contribution in [1.82, 2.24) is 10.2 Å². The molecule has 2 fully saturated rings. The molecule has 4 heteroatoms. The maximum atomic E-state index is 12.1. The number of benzene rings is 1. The number of carbonyl (C=O) groups excluding carboxylic acids is 1. The van der Waals surface area contributed by atoms with Crippen molar-refractivity contribution in [3.8, 4) is 0 Å². The Kier molecular flexibility index (Phi) is 4.27. The molecule has 0 aromatic heterocycles. The molecule has 20 heavy (non-hydrogen) atoms. The summed E-state index contributed by atoms with van der Waals surface area (Å²) in [5.74, 6) is 0.0861. The first kappa shape index (κ1) is 13.9. The quantitative estimate of drug-likeness (QED) is 0.925. The Morgan fingerprint density at radius 2 is 1.90 bits per heavy atom. The van der Waals surface area contributed by atoms with Gasteiger partial charge in [0, 0.05) is 30.2 Å². The molecule has 3 nitrogen and oxygen atoms in total. The lowest BCUT2D eigenvalue weighted by Gasteiger charge is -2.32. The maximum absolute atomic E-state index is 12.1. The Hall–Kier alpha value is -1.06. The highest BCUT2D eigenvalue weighted by Crippen LogP contribution is 2.29. The van der Waals surface area contributed by atoms with E-state index in [1.807, 2.05) is 24.3 Å². The zero-order valence-electron chi connectivity index (χ0n) is 11.6.